The highest BCUT2D eigenvalue weighted by molar-refractivity contribution is 5.80. The molecule has 0 bridgehead atoms. The summed E-state index contributed by atoms with van der Waals surface area (Å²) in [6.07, 6.45) is -0.715. The van der Waals surface area contributed by atoms with Crippen molar-refractivity contribution in [3.63, 3.8) is 0 Å². The Morgan fingerprint density at radius 1 is 0.794 bits per heavy atom. The van der Waals surface area contributed by atoms with Crippen LogP contribution in [0.15, 0.2) is 48.5 Å². The molecular weight excluding hydrogens is 459 g/mol. The Morgan fingerprint density at radius 3 is 1.76 bits per heavy atom. The fraction of sp³-hybridized carbons (Fsp3) is 0.200. The van der Waals surface area contributed by atoms with Crippen molar-refractivity contribution in [1.29, 1.82) is 0 Å². The minimum Gasteiger partial charge on any atom is -0.481 e. The fourth-order valence-electron chi connectivity index (χ4n) is 4.29. The molecule has 1 N–H and O–H groups in total. The number of halogens is 5. The summed E-state index contributed by atoms with van der Waals surface area (Å²) in [6.45, 7) is 0. The van der Waals surface area contributed by atoms with E-state index in [1.807, 2.05) is 36.4 Å². The first-order valence-electron chi connectivity index (χ1n) is 10.3. The van der Waals surface area contributed by atoms with Gasteiger partial charge in [0.2, 0.25) is 34.8 Å². The van der Waals surface area contributed by atoms with Gasteiger partial charge in [0.05, 0.1) is 5.92 Å². The molecule has 1 unspecified atom stereocenters. The van der Waals surface area contributed by atoms with Crippen LogP contribution in [0.2, 0.25) is 0 Å². The van der Waals surface area contributed by atoms with E-state index in [-0.39, 0.29) is 18.8 Å². The lowest BCUT2D eigenvalue weighted by Crippen LogP contribution is -2.25. The summed E-state index contributed by atoms with van der Waals surface area (Å²) in [7, 11) is 0. The number of ether oxygens (including phenoxy) is 1. The predicted octanol–water partition coefficient (Wildman–Crippen LogP) is 5.97. The van der Waals surface area contributed by atoms with Crippen LogP contribution in [0, 0.1) is 35.0 Å². The molecule has 1 atom stereocenters. The molecule has 0 amide bonds. The molecule has 0 fully saturated rings. The summed E-state index contributed by atoms with van der Waals surface area (Å²) in [5, 5.41) is 9.09. The highest BCUT2D eigenvalue weighted by Gasteiger charge is 2.35. The highest BCUT2D eigenvalue weighted by Crippen LogP contribution is 2.47. The van der Waals surface area contributed by atoms with E-state index in [0.717, 1.165) is 22.3 Å². The highest BCUT2D eigenvalue weighted by atomic mass is 19.2. The number of esters is 1. The minimum atomic E-state index is -2.38. The fourth-order valence-corrected chi connectivity index (χ4v) is 4.29. The third-order valence-corrected chi connectivity index (χ3v) is 5.89. The van der Waals surface area contributed by atoms with E-state index in [4.69, 9.17) is 5.11 Å². The second-order valence-corrected chi connectivity index (χ2v) is 7.91. The van der Waals surface area contributed by atoms with Crippen molar-refractivity contribution in [1.82, 2.24) is 0 Å². The van der Waals surface area contributed by atoms with Crippen LogP contribution in [-0.4, -0.2) is 17.0 Å². The normalized spacial score (nSPS) is 13.3. The molecule has 0 spiro atoms. The number of aliphatic carboxylic acids is 1. The van der Waals surface area contributed by atoms with Crippen LogP contribution in [0.5, 0.6) is 5.75 Å². The molecule has 0 aliphatic heterocycles. The zero-order valence-corrected chi connectivity index (χ0v) is 17.5. The summed E-state index contributed by atoms with van der Waals surface area (Å²) >= 11 is 0. The topological polar surface area (TPSA) is 63.6 Å². The monoisotopic (exact) mass is 476 g/mol. The Kier molecular flexibility index (Phi) is 6.37. The number of carboxylic acid groups (broad SMARTS) is 1. The van der Waals surface area contributed by atoms with Gasteiger partial charge in [-0.3, -0.25) is 9.59 Å². The standard InChI is InChI=1S/C25H17F5O4/c26-19-20(27)22(29)24(23(30)21(19)28)34-25(33)12(9-10-18(31)32)11-17-15-7-3-1-5-13(15)14-6-2-4-8-16(14)17/h1-8,12,17H,9-11H2,(H,31,32). The quantitative estimate of drug-likeness (QED) is 0.150. The molecule has 176 valence electrons. The van der Waals surface area contributed by atoms with E-state index in [1.54, 1.807) is 12.1 Å². The molecule has 0 saturated carbocycles. The largest absolute Gasteiger partial charge is 0.481 e. The molecule has 0 saturated heterocycles. The number of benzene rings is 3. The van der Waals surface area contributed by atoms with Gasteiger partial charge >= 0.3 is 11.9 Å². The van der Waals surface area contributed by atoms with Gasteiger partial charge in [-0.15, -0.1) is 0 Å². The Hall–Kier alpha value is -3.75. The van der Waals surface area contributed by atoms with Crippen molar-refractivity contribution in [3.8, 4) is 16.9 Å². The van der Waals surface area contributed by atoms with Gasteiger partial charge in [0.15, 0.2) is 0 Å². The van der Waals surface area contributed by atoms with Crippen molar-refractivity contribution in [2.45, 2.75) is 25.2 Å². The van der Waals surface area contributed by atoms with Gasteiger partial charge in [-0.2, -0.15) is 8.78 Å². The molecule has 1 aliphatic carbocycles. The molecule has 0 radical (unpaired) electrons. The number of carboxylic acids is 1. The first kappa shape index (κ1) is 23.4. The van der Waals surface area contributed by atoms with Crippen LogP contribution < -0.4 is 4.74 Å². The van der Waals surface area contributed by atoms with Crippen molar-refractivity contribution in [2.75, 3.05) is 0 Å². The van der Waals surface area contributed by atoms with Crippen molar-refractivity contribution < 1.29 is 41.4 Å². The molecule has 3 aromatic rings. The summed E-state index contributed by atoms with van der Waals surface area (Å²) < 4.78 is 73.1. The van der Waals surface area contributed by atoms with Gasteiger partial charge in [0.1, 0.15) is 0 Å². The molecule has 4 rings (SSSR count). The van der Waals surface area contributed by atoms with E-state index in [2.05, 4.69) is 4.74 Å². The Morgan fingerprint density at radius 2 is 1.26 bits per heavy atom. The van der Waals surface area contributed by atoms with Crippen molar-refractivity contribution in [2.24, 2.45) is 5.92 Å². The second kappa shape index (κ2) is 9.24. The van der Waals surface area contributed by atoms with Crippen LogP contribution in [0.3, 0.4) is 0 Å². The van der Waals surface area contributed by atoms with E-state index < -0.39 is 59.1 Å². The molecular formula is C25H17F5O4. The van der Waals surface area contributed by atoms with E-state index in [9.17, 15) is 31.5 Å². The SMILES string of the molecule is O=C(O)CCC(CC1c2ccccc2-c2ccccc21)C(=O)Oc1c(F)c(F)c(F)c(F)c1F. The van der Waals surface area contributed by atoms with Crippen LogP contribution >= 0.6 is 0 Å². The summed E-state index contributed by atoms with van der Waals surface area (Å²) in [4.78, 5) is 24.0. The maximum atomic E-state index is 14.0. The summed E-state index contributed by atoms with van der Waals surface area (Å²) in [6, 6.07) is 14.8. The van der Waals surface area contributed by atoms with E-state index in [1.165, 1.54) is 0 Å². The van der Waals surface area contributed by atoms with E-state index in [0.29, 0.717) is 0 Å². The van der Waals surface area contributed by atoms with E-state index >= 15 is 0 Å². The lowest BCUT2D eigenvalue weighted by Gasteiger charge is -2.21. The Labute approximate surface area is 190 Å². The summed E-state index contributed by atoms with van der Waals surface area (Å²) in [5.41, 5.74) is 3.59. The van der Waals surface area contributed by atoms with Crippen LogP contribution in [-0.2, 0) is 9.59 Å². The smallest absolute Gasteiger partial charge is 0.314 e. The zero-order valence-electron chi connectivity index (χ0n) is 17.5. The predicted molar refractivity (Wildman–Crippen MR) is 111 cm³/mol. The number of carbonyl (C=O) groups excluding carboxylic acids is 1. The minimum absolute atomic E-state index is 0.00946. The zero-order chi connectivity index (χ0) is 24.6. The number of carbonyl (C=O) groups is 2. The first-order chi connectivity index (χ1) is 16.2. The van der Waals surface area contributed by atoms with Crippen LogP contribution in [0.1, 0.15) is 36.3 Å². The average molecular weight is 476 g/mol. The number of rotatable bonds is 7. The van der Waals surface area contributed by atoms with Crippen molar-refractivity contribution in [3.05, 3.63) is 88.7 Å². The number of hydrogen-bond donors (Lipinski definition) is 1. The van der Waals surface area contributed by atoms with Gasteiger partial charge in [-0.05, 0) is 35.1 Å². The molecule has 0 aromatic heterocycles. The molecule has 0 heterocycles. The number of fused-ring (bicyclic) bond motifs is 3. The van der Waals surface area contributed by atoms with Crippen molar-refractivity contribution >= 4 is 11.9 Å². The third kappa shape index (κ3) is 4.13. The van der Waals surface area contributed by atoms with Gasteiger partial charge in [-0.1, -0.05) is 48.5 Å². The maximum Gasteiger partial charge on any atom is 0.314 e. The molecule has 1 aliphatic rings. The Bertz CT molecular complexity index is 1220. The molecule has 4 nitrogen and oxygen atoms in total. The molecule has 3 aromatic carbocycles. The van der Waals surface area contributed by atoms with Gasteiger partial charge in [0.25, 0.3) is 0 Å². The molecule has 9 heteroatoms. The third-order valence-electron chi connectivity index (χ3n) is 5.89. The van der Waals surface area contributed by atoms with Crippen LogP contribution in [0.4, 0.5) is 22.0 Å². The Balaban J connectivity index is 1.68. The first-order valence-corrected chi connectivity index (χ1v) is 10.3. The lowest BCUT2D eigenvalue weighted by atomic mass is 9.85. The number of hydrogen-bond acceptors (Lipinski definition) is 3. The van der Waals surface area contributed by atoms with Gasteiger partial charge in [0, 0.05) is 12.3 Å². The second-order valence-electron chi connectivity index (χ2n) is 7.91. The average Bonchev–Trinajstić information content (AvgIpc) is 3.15. The summed E-state index contributed by atoms with van der Waals surface area (Å²) in [5.74, 6) is -17.2. The van der Waals surface area contributed by atoms with Gasteiger partial charge in [-0.25, -0.2) is 13.2 Å². The molecule has 34 heavy (non-hydrogen) atoms. The lowest BCUT2D eigenvalue weighted by molar-refractivity contribution is -0.141. The van der Waals surface area contributed by atoms with Crippen LogP contribution in [0.25, 0.3) is 11.1 Å². The maximum absolute atomic E-state index is 14.0. The van der Waals surface area contributed by atoms with Gasteiger partial charge < -0.3 is 9.84 Å².